The number of fused-ring (bicyclic) bond motifs is 1. The van der Waals surface area contributed by atoms with Gasteiger partial charge in [0.05, 0.1) is 13.7 Å². The van der Waals surface area contributed by atoms with Gasteiger partial charge in [-0.1, -0.05) is 6.07 Å². The van der Waals surface area contributed by atoms with E-state index in [4.69, 9.17) is 4.74 Å². The maximum Gasteiger partial charge on any atom is 0.330 e. The molecule has 0 aliphatic carbocycles. The van der Waals surface area contributed by atoms with Gasteiger partial charge in [-0.15, -0.1) is 0 Å². The lowest BCUT2D eigenvalue weighted by Gasteiger charge is -2.09. The van der Waals surface area contributed by atoms with Crippen LogP contribution in [-0.2, 0) is 9.53 Å². The monoisotopic (exact) mass is 285 g/mol. The quantitative estimate of drug-likeness (QED) is 0.480. The van der Waals surface area contributed by atoms with Gasteiger partial charge in [0.15, 0.2) is 5.78 Å². The van der Waals surface area contributed by atoms with Crippen LogP contribution in [-0.4, -0.2) is 30.5 Å². The molecule has 0 bridgehead atoms. The molecule has 108 valence electrons. The summed E-state index contributed by atoms with van der Waals surface area (Å²) in [5.74, 6) is -0.236. The second-order valence-electron chi connectivity index (χ2n) is 4.16. The van der Waals surface area contributed by atoms with Gasteiger partial charge in [-0.25, -0.2) is 4.79 Å². The molecule has 2 rings (SSSR count). The van der Waals surface area contributed by atoms with Gasteiger partial charge in [0, 0.05) is 23.2 Å². The average Bonchev–Trinajstić information content (AvgIpc) is 2.52. The highest BCUT2D eigenvalue weighted by Crippen LogP contribution is 2.27. The lowest BCUT2D eigenvalue weighted by atomic mass is 10.0. The van der Waals surface area contributed by atoms with Gasteiger partial charge in [0.2, 0.25) is 0 Å². The Hall–Kier alpha value is -2.69. The van der Waals surface area contributed by atoms with E-state index < -0.39 is 5.97 Å². The number of nitrogens with zero attached hydrogens (tertiary/aromatic N) is 1. The largest absolute Gasteiger partial charge is 0.492 e. The topological polar surface area (TPSA) is 65.5 Å². The van der Waals surface area contributed by atoms with Crippen molar-refractivity contribution in [2.24, 2.45) is 0 Å². The van der Waals surface area contributed by atoms with Crippen LogP contribution in [0.4, 0.5) is 0 Å². The molecule has 5 heteroatoms. The number of benzene rings is 1. The SMILES string of the molecule is CCOc1ccc(C(=O)/C=C/C(=O)OC)c2cccnc12. The Morgan fingerprint density at radius 1 is 1.24 bits per heavy atom. The molecule has 0 aliphatic rings. The predicted octanol–water partition coefficient (Wildman–Crippen LogP) is 2.55. The Balaban J connectivity index is 2.46. The lowest BCUT2D eigenvalue weighted by Crippen LogP contribution is -2.01. The highest BCUT2D eigenvalue weighted by atomic mass is 16.5. The van der Waals surface area contributed by atoms with E-state index in [0.717, 1.165) is 6.08 Å². The van der Waals surface area contributed by atoms with Crippen LogP contribution < -0.4 is 4.74 Å². The number of allylic oxidation sites excluding steroid dienone is 1. The van der Waals surface area contributed by atoms with Crippen LogP contribution in [0.5, 0.6) is 5.75 Å². The number of ketones is 1. The minimum atomic E-state index is -0.572. The molecule has 21 heavy (non-hydrogen) atoms. The van der Waals surface area contributed by atoms with Crippen molar-refractivity contribution < 1.29 is 19.1 Å². The van der Waals surface area contributed by atoms with Crippen LogP contribution in [0, 0.1) is 0 Å². The number of aromatic nitrogens is 1. The Morgan fingerprint density at radius 2 is 2.05 bits per heavy atom. The van der Waals surface area contributed by atoms with E-state index in [1.807, 2.05) is 6.92 Å². The van der Waals surface area contributed by atoms with Crippen molar-refractivity contribution in [1.29, 1.82) is 0 Å². The molecule has 0 saturated carbocycles. The highest BCUT2D eigenvalue weighted by molar-refractivity contribution is 6.14. The molecule has 0 fully saturated rings. The van der Waals surface area contributed by atoms with Gasteiger partial charge >= 0.3 is 5.97 Å². The van der Waals surface area contributed by atoms with Crippen LogP contribution in [0.15, 0.2) is 42.6 Å². The molecular formula is C16H15NO4. The van der Waals surface area contributed by atoms with Crippen molar-refractivity contribution in [3.63, 3.8) is 0 Å². The Morgan fingerprint density at radius 3 is 2.76 bits per heavy atom. The third kappa shape index (κ3) is 3.25. The van der Waals surface area contributed by atoms with Crippen LogP contribution in [0.1, 0.15) is 17.3 Å². The number of hydrogen-bond acceptors (Lipinski definition) is 5. The number of carbonyl (C=O) groups excluding carboxylic acids is 2. The van der Waals surface area contributed by atoms with Crippen molar-refractivity contribution in [2.45, 2.75) is 6.92 Å². The molecule has 1 aromatic heterocycles. The summed E-state index contributed by atoms with van der Waals surface area (Å²) in [4.78, 5) is 27.5. The first-order valence-corrected chi connectivity index (χ1v) is 6.48. The Kier molecular flexibility index (Phi) is 4.66. The first-order valence-electron chi connectivity index (χ1n) is 6.48. The zero-order valence-electron chi connectivity index (χ0n) is 11.8. The van der Waals surface area contributed by atoms with Crippen LogP contribution in [0.2, 0.25) is 0 Å². The van der Waals surface area contributed by atoms with Gasteiger partial charge in [-0.05, 0) is 31.2 Å². The molecule has 0 spiro atoms. The van der Waals surface area contributed by atoms with E-state index in [-0.39, 0.29) is 5.78 Å². The molecule has 0 atom stereocenters. The molecule has 5 nitrogen and oxygen atoms in total. The summed E-state index contributed by atoms with van der Waals surface area (Å²) >= 11 is 0. The van der Waals surface area contributed by atoms with E-state index in [1.165, 1.54) is 13.2 Å². The van der Waals surface area contributed by atoms with Gasteiger partial charge < -0.3 is 9.47 Å². The summed E-state index contributed by atoms with van der Waals surface area (Å²) in [5, 5.41) is 0.683. The number of rotatable bonds is 5. The summed E-state index contributed by atoms with van der Waals surface area (Å²) in [6, 6.07) is 6.92. The zero-order chi connectivity index (χ0) is 15.2. The fourth-order valence-electron chi connectivity index (χ4n) is 1.94. The summed E-state index contributed by atoms with van der Waals surface area (Å²) < 4.78 is 9.97. The summed E-state index contributed by atoms with van der Waals surface area (Å²) in [6.45, 7) is 2.40. The minimum absolute atomic E-state index is 0.290. The van der Waals surface area contributed by atoms with Crippen LogP contribution >= 0.6 is 0 Å². The van der Waals surface area contributed by atoms with Crippen molar-refractivity contribution in [1.82, 2.24) is 4.98 Å². The number of hydrogen-bond donors (Lipinski definition) is 0. The van der Waals surface area contributed by atoms with Gasteiger partial charge in [-0.3, -0.25) is 9.78 Å². The molecule has 1 aromatic carbocycles. The number of pyridine rings is 1. The molecule has 0 saturated heterocycles. The third-order valence-corrected chi connectivity index (χ3v) is 2.87. The Bertz CT molecular complexity index is 706. The summed E-state index contributed by atoms with van der Waals surface area (Å²) in [6.07, 6.45) is 3.93. The molecular weight excluding hydrogens is 270 g/mol. The van der Waals surface area contributed by atoms with Crippen molar-refractivity contribution >= 4 is 22.7 Å². The standard InChI is InChI=1S/C16H15NO4/c1-3-21-14-8-6-11(12-5-4-10-17-16(12)14)13(18)7-9-15(19)20-2/h4-10H,3H2,1-2H3/b9-7+. The van der Waals surface area contributed by atoms with E-state index in [9.17, 15) is 9.59 Å². The second-order valence-corrected chi connectivity index (χ2v) is 4.16. The van der Waals surface area contributed by atoms with E-state index in [0.29, 0.717) is 28.8 Å². The van der Waals surface area contributed by atoms with Crippen molar-refractivity contribution in [3.05, 3.63) is 48.2 Å². The fourth-order valence-corrected chi connectivity index (χ4v) is 1.94. The number of carbonyl (C=O) groups is 2. The highest BCUT2D eigenvalue weighted by Gasteiger charge is 2.12. The van der Waals surface area contributed by atoms with Crippen molar-refractivity contribution in [3.8, 4) is 5.75 Å². The molecule has 0 N–H and O–H groups in total. The lowest BCUT2D eigenvalue weighted by molar-refractivity contribution is -0.134. The van der Waals surface area contributed by atoms with Gasteiger partial charge in [0.1, 0.15) is 11.3 Å². The van der Waals surface area contributed by atoms with Crippen LogP contribution in [0.3, 0.4) is 0 Å². The molecule has 0 radical (unpaired) electrons. The number of methoxy groups -OCH3 is 1. The van der Waals surface area contributed by atoms with Gasteiger partial charge in [0.25, 0.3) is 0 Å². The smallest absolute Gasteiger partial charge is 0.330 e. The molecule has 2 aromatic rings. The number of esters is 1. The third-order valence-electron chi connectivity index (χ3n) is 2.87. The predicted molar refractivity (Wildman–Crippen MR) is 78.4 cm³/mol. The zero-order valence-corrected chi connectivity index (χ0v) is 11.8. The molecule has 1 heterocycles. The maximum absolute atomic E-state index is 12.2. The first kappa shape index (κ1) is 14.7. The summed E-state index contributed by atoms with van der Waals surface area (Å²) in [5.41, 5.74) is 1.08. The fraction of sp³-hybridized carbons (Fsp3) is 0.188. The van der Waals surface area contributed by atoms with Gasteiger partial charge in [-0.2, -0.15) is 0 Å². The number of ether oxygens (including phenoxy) is 2. The maximum atomic E-state index is 12.2. The Labute approximate surface area is 122 Å². The van der Waals surface area contributed by atoms with Crippen LogP contribution in [0.25, 0.3) is 10.9 Å². The second kappa shape index (κ2) is 6.65. The van der Waals surface area contributed by atoms with E-state index in [2.05, 4.69) is 9.72 Å². The van der Waals surface area contributed by atoms with E-state index in [1.54, 1.807) is 30.5 Å². The first-order chi connectivity index (χ1) is 10.2. The molecule has 0 amide bonds. The van der Waals surface area contributed by atoms with Crippen molar-refractivity contribution in [2.75, 3.05) is 13.7 Å². The summed E-state index contributed by atoms with van der Waals surface area (Å²) in [7, 11) is 1.26. The molecule has 0 unspecified atom stereocenters. The minimum Gasteiger partial charge on any atom is -0.492 e. The molecule has 0 aliphatic heterocycles. The van der Waals surface area contributed by atoms with E-state index >= 15 is 0 Å². The average molecular weight is 285 g/mol. The normalized spacial score (nSPS) is 10.8.